The second kappa shape index (κ2) is 11.8. The topological polar surface area (TPSA) is 125 Å². The van der Waals surface area contributed by atoms with Crippen LogP contribution >= 0.6 is 0 Å². The summed E-state index contributed by atoms with van der Waals surface area (Å²) in [5, 5.41) is 17.6. The number of hydrogen-bond acceptors (Lipinski definition) is 7. The molecule has 37 heavy (non-hydrogen) atoms. The van der Waals surface area contributed by atoms with Gasteiger partial charge in [0.1, 0.15) is 12.2 Å². The maximum absolute atomic E-state index is 15.5. The van der Waals surface area contributed by atoms with Gasteiger partial charge in [-0.15, -0.1) is 5.11 Å². The van der Waals surface area contributed by atoms with Crippen molar-refractivity contribution < 1.29 is 22.3 Å². The molecule has 200 valence electrons. The molecule has 9 nitrogen and oxygen atoms in total. The molecular formula is C24H30F4N8O. The number of nitrogens with one attached hydrogen (secondary N) is 2. The lowest BCUT2D eigenvalue weighted by Crippen LogP contribution is -2.40. The van der Waals surface area contributed by atoms with Crippen molar-refractivity contribution in [3.63, 3.8) is 0 Å². The Morgan fingerprint density at radius 2 is 1.84 bits per heavy atom. The molecule has 0 bridgehead atoms. The Balaban J connectivity index is 1.40. The number of amidine groups is 1. The van der Waals surface area contributed by atoms with E-state index < -0.39 is 23.6 Å². The Bertz CT molecular complexity index is 1090. The molecule has 2 fully saturated rings. The zero-order valence-corrected chi connectivity index (χ0v) is 20.2. The van der Waals surface area contributed by atoms with Gasteiger partial charge < -0.3 is 20.8 Å². The quantitative estimate of drug-likeness (QED) is 0.116. The molecule has 13 heteroatoms. The Morgan fingerprint density at radius 1 is 1.14 bits per heavy atom. The van der Waals surface area contributed by atoms with E-state index in [9.17, 15) is 13.2 Å². The molecule has 1 unspecified atom stereocenters. The number of anilines is 2. The van der Waals surface area contributed by atoms with Gasteiger partial charge in [-0.3, -0.25) is 5.41 Å². The Morgan fingerprint density at radius 3 is 2.51 bits per heavy atom. The van der Waals surface area contributed by atoms with Gasteiger partial charge >= 0.3 is 6.18 Å². The summed E-state index contributed by atoms with van der Waals surface area (Å²) < 4.78 is 60.0. The molecule has 1 aliphatic carbocycles. The van der Waals surface area contributed by atoms with Crippen molar-refractivity contribution in [1.29, 1.82) is 5.41 Å². The van der Waals surface area contributed by atoms with Crippen LogP contribution in [0.25, 0.3) is 0 Å². The zero-order valence-electron chi connectivity index (χ0n) is 20.2. The minimum Gasteiger partial charge on any atom is -0.377 e. The highest BCUT2D eigenvalue weighted by atomic mass is 19.4. The van der Waals surface area contributed by atoms with E-state index in [1.807, 2.05) is 0 Å². The van der Waals surface area contributed by atoms with E-state index in [-0.39, 0.29) is 24.1 Å². The summed E-state index contributed by atoms with van der Waals surface area (Å²) in [5.74, 6) is 5.45. The van der Waals surface area contributed by atoms with Gasteiger partial charge in [0.2, 0.25) is 5.82 Å². The standard InChI is InChI=1S/C24H30F4N8O/c25-21-22(31-12-16-3-1-15(2-4-16)11-20(29)34-35-30)32-14-33-23(21)36-9-10-37-13-19(36)17-5-7-18(8-6-17)24(26,27)28/h5-8,14-16,19H,1-4,9-13H2,(H3,29,30,34)(H,31,32,33). The van der Waals surface area contributed by atoms with Gasteiger partial charge in [-0.2, -0.15) is 17.6 Å². The van der Waals surface area contributed by atoms with Gasteiger partial charge in [-0.05, 0) is 55.2 Å². The number of hydrogen-bond donors (Lipinski definition) is 3. The molecule has 1 atom stereocenters. The third kappa shape index (κ3) is 6.70. The minimum atomic E-state index is -4.43. The van der Waals surface area contributed by atoms with Gasteiger partial charge in [0.15, 0.2) is 11.6 Å². The van der Waals surface area contributed by atoms with Crippen LogP contribution in [0.5, 0.6) is 0 Å². The van der Waals surface area contributed by atoms with E-state index in [0.717, 1.165) is 37.8 Å². The van der Waals surface area contributed by atoms with Crippen LogP contribution in [0, 0.1) is 23.1 Å². The summed E-state index contributed by atoms with van der Waals surface area (Å²) in [6.45, 7) is 1.43. The molecule has 4 rings (SSSR count). The first-order valence-electron chi connectivity index (χ1n) is 12.2. The van der Waals surface area contributed by atoms with E-state index in [1.54, 1.807) is 4.90 Å². The number of ether oxygens (including phenoxy) is 1. The van der Waals surface area contributed by atoms with Crippen molar-refractivity contribution in [2.75, 3.05) is 36.5 Å². The fraction of sp³-hybridized carbons (Fsp3) is 0.542. The average molecular weight is 523 g/mol. The lowest BCUT2D eigenvalue weighted by atomic mass is 9.80. The van der Waals surface area contributed by atoms with E-state index in [0.29, 0.717) is 43.5 Å². The SMILES string of the molecule is N=C(CC1CCC(CNc2ncnc(N3CCOCC3c3ccc(C(F)(F)F)cc3)c2F)CC1)N=NN. The molecule has 1 aliphatic heterocycles. The van der Waals surface area contributed by atoms with Crippen LogP contribution in [0.1, 0.15) is 49.3 Å². The van der Waals surface area contributed by atoms with Crippen LogP contribution in [0.15, 0.2) is 40.9 Å². The molecule has 0 amide bonds. The number of aromatic nitrogens is 2. The van der Waals surface area contributed by atoms with Crippen LogP contribution in [0.3, 0.4) is 0 Å². The number of nitrogens with zero attached hydrogens (tertiary/aromatic N) is 5. The minimum absolute atomic E-state index is 0.0852. The van der Waals surface area contributed by atoms with E-state index in [2.05, 4.69) is 25.6 Å². The number of alkyl halides is 3. The smallest absolute Gasteiger partial charge is 0.377 e. The molecular weight excluding hydrogens is 492 g/mol. The maximum Gasteiger partial charge on any atom is 0.416 e. The van der Waals surface area contributed by atoms with Crippen LogP contribution in [0.4, 0.5) is 29.2 Å². The van der Waals surface area contributed by atoms with Gasteiger partial charge in [0, 0.05) is 19.5 Å². The predicted molar refractivity (Wildman–Crippen MR) is 130 cm³/mol. The molecule has 2 heterocycles. The van der Waals surface area contributed by atoms with Gasteiger partial charge in [-0.25, -0.2) is 9.97 Å². The summed E-state index contributed by atoms with van der Waals surface area (Å²) in [6.07, 6.45) is 1.15. The van der Waals surface area contributed by atoms with Crippen molar-refractivity contribution in [2.24, 2.45) is 28.0 Å². The Hall–Kier alpha value is -3.35. The van der Waals surface area contributed by atoms with Crippen LogP contribution in [-0.2, 0) is 10.9 Å². The number of rotatable bonds is 7. The Labute approximate surface area is 212 Å². The first kappa shape index (κ1) is 26.7. The normalized spacial score (nSPS) is 22.8. The van der Waals surface area contributed by atoms with Crippen LogP contribution in [-0.4, -0.2) is 42.1 Å². The lowest BCUT2D eigenvalue weighted by Gasteiger charge is -2.37. The molecule has 2 aliphatic rings. The summed E-state index contributed by atoms with van der Waals surface area (Å²) >= 11 is 0. The largest absolute Gasteiger partial charge is 0.416 e. The highest BCUT2D eigenvalue weighted by Crippen LogP contribution is 2.35. The number of morpholine rings is 1. The first-order valence-corrected chi connectivity index (χ1v) is 12.2. The second-order valence-corrected chi connectivity index (χ2v) is 9.40. The number of nitrogens with two attached hydrogens (primary N) is 1. The zero-order chi connectivity index (χ0) is 26.4. The first-order chi connectivity index (χ1) is 17.8. The average Bonchev–Trinajstić information content (AvgIpc) is 2.89. The fourth-order valence-corrected chi connectivity index (χ4v) is 4.98. The van der Waals surface area contributed by atoms with Crippen molar-refractivity contribution in [3.05, 3.63) is 47.5 Å². The summed E-state index contributed by atoms with van der Waals surface area (Å²) in [4.78, 5) is 9.96. The highest BCUT2D eigenvalue weighted by Gasteiger charge is 2.33. The third-order valence-electron chi connectivity index (χ3n) is 6.98. The number of halogens is 4. The van der Waals surface area contributed by atoms with E-state index >= 15 is 4.39 Å². The summed E-state index contributed by atoms with van der Waals surface area (Å²) in [6, 6.07) is 4.34. The van der Waals surface area contributed by atoms with Crippen LogP contribution < -0.4 is 16.1 Å². The van der Waals surface area contributed by atoms with Crippen molar-refractivity contribution >= 4 is 17.5 Å². The molecule has 0 radical (unpaired) electrons. The molecule has 4 N–H and O–H groups in total. The fourth-order valence-electron chi connectivity index (χ4n) is 4.98. The highest BCUT2D eigenvalue weighted by molar-refractivity contribution is 5.79. The molecule has 1 aromatic carbocycles. The van der Waals surface area contributed by atoms with Crippen molar-refractivity contribution in [3.8, 4) is 0 Å². The summed E-state index contributed by atoms with van der Waals surface area (Å²) in [7, 11) is 0. The number of benzene rings is 1. The molecule has 1 saturated heterocycles. The van der Waals surface area contributed by atoms with Gasteiger partial charge in [0.05, 0.1) is 24.8 Å². The van der Waals surface area contributed by atoms with Crippen molar-refractivity contribution in [1.82, 2.24) is 9.97 Å². The molecule has 1 saturated carbocycles. The van der Waals surface area contributed by atoms with Gasteiger partial charge in [0.25, 0.3) is 0 Å². The maximum atomic E-state index is 15.5. The Kier molecular flexibility index (Phi) is 8.52. The third-order valence-corrected chi connectivity index (χ3v) is 6.98. The lowest BCUT2D eigenvalue weighted by molar-refractivity contribution is -0.137. The molecule has 0 spiro atoms. The van der Waals surface area contributed by atoms with Crippen LogP contribution in [0.2, 0.25) is 0 Å². The van der Waals surface area contributed by atoms with E-state index in [1.165, 1.54) is 18.5 Å². The second-order valence-electron chi connectivity index (χ2n) is 9.40. The molecule has 1 aromatic heterocycles. The van der Waals surface area contributed by atoms with Gasteiger partial charge in [-0.1, -0.05) is 17.4 Å². The van der Waals surface area contributed by atoms with E-state index in [4.69, 9.17) is 16.0 Å². The predicted octanol–water partition coefficient (Wildman–Crippen LogP) is 5.12. The monoisotopic (exact) mass is 522 g/mol. The molecule has 2 aromatic rings. The summed E-state index contributed by atoms with van der Waals surface area (Å²) in [5.41, 5.74) is -0.161. The van der Waals surface area contributed by atoms with Crippen molar-refractivity contribution in [2.45, 2.75) is 44.3 Å².